The zero-order valence-corrected chi connectivity index (χ0v) is 71.5. The van der Waals surface area contributed by atoms with Crippen LogP contribution in [0.4, 0.5) is 4.79 Å². The topological polar surface area (TPSA) is 666 Å². The van der Waals surface area contributed by atoms with Gasteiger partial charge >= 0.3 is 19.8 Å². The first kappa shape index (κ1) is 101. The lowest BCUT2D eigenvalue weighted by Crippen LogP contribution is -2.62. The smallest absolute Gasteiger partial charge is 0.469 e. The minimum absolute atomic E-state index is 0.0169. The third-order valence-corrected chi connectivity index (χ3v) is 23.0. The number of hydrogen-bond acceptors (Lipinski definition) is 22. The summed E-state index contributed by atoms with van der Waals surface area (Å²) in [6, 6.07) is 7.79. The number of carboxylic acids is 1. The van der Waals surface area contributed by atoms with E-state index >= 15 is 0 Å². The largest absolute Gasteiger partial charge is 0.481 e. The summed E-state index contributed by atoms with van der Waals surface area (Å²) in [4.78, 5) is 242. The number of unbranched alkanes of at least 4 members (excludes halogenated alkanes) is 2. The van der Waals surface area contributed by atoms with Crippen LogP contribution in [0.5, 0.6) is 0 Å². The molecule has 0 unspecified atom stereocenters. The van der Waals surface area contributed by atoms with Crippen LogP contribution >= 0.6 is 19.6 Å². The van der Waals surface area contributed by atoms with Crippen molar-refractivity contribution in [1.29, 1.82) is 5.41 Å². The van der Waals surface area contributed by atoms with Crippen LogP contribution in [0.3, 0.4) is 0 Å². The molecule has 124 heavy (non-hydrogen) atoms. The van der Waals surface area contributed by atoms with Crippen molar-refractivity contribution in [3.8, 4) is 0 Å². The summed E-state index contributed by atoms with van der Waals surface area (Å²) in [7, 11) is -5.50. The summed E-state index contributed by atoms with van der Waals surface area (Å²) in [6.07, 6.45) is 0.684. The molecular formula is C80H119N20O22PS. The Bertz CT molecular complexity index is 4200. The number of aliphatic carboxylic acids is 1. The van der Waals surface area contributed by atoms with Crippen LogP contribution in [0, 0.1) is 17.2 Å². The molecule has 3 heterocycles. The number of thioether (sulfide) groups is 1. The number of carboxylic acid groups (broad SMARTS) is 1. The first-order valence-corrected chi connectivity index (χ1v) is 43.8. The fraction of sp³-hybridized carbons (Fsp3) is 0.562. The average molecular weight is 1780 g/mol. The Kier molecular flexibility index (Phi) is 42.3. The van der Waals surface area contributed by atoms with Gasteiger partial charge in [-0.3, -0.25) is 81.9 Å². The molecule has 15 atom stereocenters. The summed E-state index contributed by atoms with van der Waals surface area (Å²) in [5.41, 5.74) is 18.6. The number of phosphoric acid groups is 1. The molecule has 682 valence electrons. The lowest BCUT2D eigenvalue weighted by Gasteiger charge is -2.32. The maximum absolute atomic E-state index is 14.9. The van der Waals surface area contributed by atoms with Crippen molar-refractivity contribution in [2.75, 3.05) is 51.7 Å². The summed E-state index contributed by atoms with van der Waals surface area (Å²) < 4.78 is 17.0. The van der Waals surface area contributed by atoms with Gasteiger partial charge in [-0.05, 0) is 99.3 Å². The highest BCUT2D eigenvalue weighted by Crippen LogP contribution is 2.36. The summed E-state index contributed by atoms with van der Waals surface area (Å²) >= 11 is 1.75. The first-order valence-electron chi connectivity index (χ1n) is 41.2. The molecule has 0 aromatic heterocycles. The van der Waals surface area contributed by atoms with Gasteiger partial charge in [0.1, 0.15) is 66.5 Å². The van der Waals surface area contributed by atoms with Gasteiger partial charge in [0.15, 0.2) is 5.96 Å². The molecule has 0 bridgehead atoms. The Morgan fingerprint density at radius 1 is 0.565 bits per heavy atom. The Morgan fingerprint density at radius 2 is 1.06 bits per heavy atom. The number of likely N-dealkylation sites (tertiary alicyclic amines) is 1. The van der Waals surface area contributed by atoms with Gasteiger partial charge in [0.05, 0.1) is 38.4 Å². The van der Waals surface area contributed by atoms with E-state index in [0.717, 1.165) is 17.1 Å². The van der Waals surface area contributed by atoms with Crippen molar-refractivity contribution in [3.05, 3.63) is 108 Å². The Hall–Kier alpha value is -11.4. The van der Waals surface area contributed by atoms with Gasteiger partial charge in [-0.2, -0.15) is 11.8 Å². The third-order valence-electron chi connectivity index (χ3n) is 21.0. The van der Waals surface area contributed by atoms with Gasteiger partial charge < -0.3 is 122 Å². The zero-order valence-electron chi connectivity index (χ0n) is 69.7. The molecule has 0 spiro atoms. The van der Waals surface area contributed by atoms with E-state index in [2.05, 4.69) is 79.8 Å². The second-order valence-corrected chi connectivity index (χ2v) is 33.4. The normalized spacial score (nSPS) is 17.9. The molecule has 44 heteroatoms. The van der Waals surface area contributed by atoms with Gasteiger partial charge in [0.25, 0.3) is 0 Å². The molecule has 3 aliphatic rings. The number of amides is 16. The first-order chi connectivity index (χ1) is 59.0. The van der Waals surface area contributed by atoms with Crippen LogP contribution in [0.25, 0.3) is 0 Å². The number of aliphatic hydroxyl groups excluding tert-OH is 1. The molecule has 3 aromatic rings. The molecule has 3 aliphatic heterocycles. The van der Waals surface area contributed by atoms with Gasteiger partial charge in [-0.15, -0.1) is 0 Å². The monoisotopic (exact) mass is 1770 g/mol. The number of rotatable bonds is 54. The molecule has 26 N–H and O–H groups in total. The number of nitrogens with one attached hydrogen (secondary N) is 16. The van der Waals surface area contributed by atoms with Crippen LogP contribution in [0.15, 0.2) is 91.0 Å². The van der Waals surface area contributed by atoms with Crippen molar-refractivity contribution >= 4 is 120 Å². The second kappa shape index (κ2) is 51.7. The van der Waals surface area contributed by atoms with Crippen LogP contribution in [-0.2, 0) is 100 Å². The van der Waals surface area contributed by atoms with E-state index in [4.69, 9.17) is 27.1 Å². The van der Waals surface area contributed by atoms with E-state index in [9.17, 15) is 101 Å². The number of guanidine groups is 1. The molecule has 6 rings (SSSR count). The molecular weight excluding hydrogens is 1660 g/mol. The van der Waals surface area contributed by atoms with Gasteiger partial charge in [0, 0.05) is 56.2 Å². The van der Waals surface area contributed by atoms with Crippen molar-refractivity contribution in [3.63, 3.8) is 0 Å². The average Bonchev–Trinajstić information content (AvgIpc) is 1.67. The number of benzene rings is 3. The number of carbonyl (C=O) groups is 16. The van der Waals surface area contributed by atoms with Gasteiger partial charge in [-0.1, -0.05) is 132 Å². The van der Waals surface area contributed by atoms with Crippen molar-refractivity contribution < 1.29 is 106 Å². The molecule has 3 saturated heterocycles. The minimum Gasteiger partial charge on any atom is -0.481 e. The van der Waals surface area contributed by atoms with Crippen LogP contribution in [0.2, 0.25) is 0 Å². The maximum Gasteiger partial charge on any atom is 0.469 e. The summed E-state index contributed by atoms with van der Waals surface area (Å²) in [5, 5.41) is 66.9. The Morgan fingerprint density at radius 3 is 1.60 bits per heavy atom. The number of carbonyl (C=O) groups excluding carboxylic acids is 15. The molecule has 16 amide bonds. The quantitative estimate of drug-likeness (QED) is 0.00843. The SMILES string of the molecule is CC[C@H](C)[C@H](NC(=O)[C@H](CCCNC(=N)N)NC(=O)[C@H](Cc1ccccc1)NC(=O)[C@H](Cc1ccccc1)NC(=O)CNC(=O)CNC(=O)CCCC[C@@H]1SC[C@@H]2NC(=O)N[C@@H]21)C(=O)N[C@@H](CCC(=O)O)C(=O)N[C@@H](COP(=O)(O)O)C(=O)N1CCC[C@H]1C(=O)N[C@H](C(=O)N[C@@H](CCCCN)C(=O)N[C@@H](CO)C(=O)N[C@@H](Cc1ccccc1)C(N)=O)C(C)C. The highest BCUT2D eigenvalue weighted by Gasteiger charge is 2.45. The lowest BCUT2D eigenvalue weighted by molar-refractivity contribution is -0.144. The number of fused-ring (bicyclic) bond motifs is 1. The molecule has 0 radical (unpaired) electrons. The minimum atomic E-state index is -5.50. The zero-order chi connectivity index (χ0) is 91.2. The predicted octanol–water partition coefficient (Wildman–Crippen LogP) is -3.94. The molecule has 0 aliphatic carbocycles. The van der Waals surface area contributed by atoms with E-state index in [1.165, 1.54) is 6.92 Å². The number of primary amides is 1. The standard InChI is InChI=1S/C80H119N20O22PS/c1-5-46(4)66(98-71(110)51(28-19-35-85-79(83)84)89-73(112)55(39-49-25-13-8-14-26-49)93-72(111)54(38-48-23-11-7-12-24-48)88-63(104)41-87-62(103)40-86-61(102)31-16-15-30-60-67-58(44-124-60)96-80(118)99-67)77(116)91-52(32-33-64(105)106)70(109)95-57(43-122-123(119,120)121)78(117)100-36-20-29-59(100)75(114)97-65(45(2)3)76(115)90-50(27-17-18-34-81)69(108)94-56(42-101)74(113)92-53(68(82)107)37-47-21-9-6-10-22-47/h6-14,21-26,45-46,50-60,65-67,101H,5,15-20,27-44,81H2,1-4H3,(H2,82,107)(H,86,102)(H,87,103)(H,88,104)(H,89,112)(H,90,115)(H,91,116)(H,92,113)(H,93,111)(H,94,108)(H,95,109)(H,97,114)(H,98,110)(H,105,106)(H4,83,84,85)(H2,96,99,118)(H2,119,120,121)/t46-,50-,51-,52-,53-,54-,55-,56-,57-,58-,59-,60-,65-,66-,67-/m0/s1. The highest BCUT2D eigenvalue weighted by molar-refractivity contribution is 8.00. The lowest BCUT2D eigenvalue weighted by atomic mass is 9.96. The van der Waals surface area contributed by atoms with Crippen molar-refractivity contribution in [1.82, 2.24) is 84.7 Å². The van der Waals surface area contributed by atoms with E-state index in [0.29, 0.717) is 36.0 Å². The third kappa shape index (κ3) is 34.7. The number of hydrogen-bond donors (Lipinski definition) is 23. The highest BCUT2D eigenvalue weighted by atomic mass is 32.2. The number of aliphatic hydroxyl groups is 1. The number of nitrogens with zero attached hydrogens (tertiary/aromatic N) is 1. The van der Waals surface area contributed by atoms with Crippen LogP contribution in [0.1, 0.15) is 134 Å². The summed E-state index contributed by atoms with van der Waals surface area (Å²) in [6.45, 7) is 2.82. The predicted molar refractivity (Wildman–Crippen MR) is 452 cm³/mol. The van der Waals surface area contributed by atoms with Crippen LogP contribution < -0.4 is 97.0 Å². The Labute approximate surface area is 721 Å². The van der Waals surface area contributed by atoms with E-state index in [-0.39, 0.29) is 114 Å². The fourth-order valence-corrected chi connectivity index (χ4v) is 15.9. The van der Waals surface area contributed by atoms with Crippen LogP contribution in [-0.4, -0.2) is 261 Å². The maximum atomic E-state index is 14.9. The van der Waals surface area contributed by atoms with Gasteiger partial charge in [-0.25, -0.2) is 9.36 Å². The number of urea groups is 1. The number of phosphoric ester groups is 1. The number of nitrogens with two attached hydrogens (primary N) is 3. The van der Waals surface area contributed by atoms with E-state index < -0.39 is 220 Å². The van der Waals surface area contributed by atoms with Crippen molar-refractivity contribution in [2.24, 2.45) is 29.0 Å². The molecule has 42 nitrogen and oxygen atoms in total. The summed E-state index contributed by atoms with van der Waals surface area (Å²) in [5.74, 6) is -15.9. The molecule has 0 saturated carbocycles. The molecule has 3 aromatic carbocycles. The van der Waals surface area contributed by atoms with E-state index in [1.807, 2.05) is 0 Å². The fourth-order valence-electron chi connectivity index (χ4n) is 14.0. The second-order valence-electron chi connectivity index (χ2n) is 30.9. The van der Waals surface area contributed by atoms with Gasteiger partial charge in [0.2, 0.25) is 82.7 Å². The van der Waals surface area contributed by atoms with E-state index in [1.54, 1.807) is 124 Å². The molecule has 3 fully saturated rings. The Balaban J connectivity index is 1.16. The van der Waals surface area contributed by atoms with Crippen molar-refractivity contribution in [2.45, 2.75) is 221 Å².